The lowest BCUT2D eigenvalue weighted by Gasteiger charge is -1.97. The van der Waals surface area contributed by atoms with Gasteiger partial charge in [-0.1, -0.05) is 11.6 Å². The molecule has 2 aromatic rings. The van der Waals surface area contributed by atoms with Crippen LogP contribution in [0.15, 0.2) is 12.1 Å². The third-order valence-electron chi connectivity index (χ3n) is 2.85. The van der Waals surface area contributed by atoms with Crippen molar-refractivity contribution >= 4 is 28.3 Å². The third-order valence-corrected chi connectivity index (χ3v) is 3.22. The Kier molecular flexibility index (Phi) is 1.68. The number of aromatic amines is 1. The molecule has 15 heavy (non-hydrogen) atoms. The lowest BCUT2D eigenvalue weighted by atomic mass is 10.1. The fourth-order valence-electron chi connectivity index (χ4n) is 2.12. The first-order valence-electron chi connectivity index (χ1n) is 4.70. The van der Waals surface area contributed by atoms with Crippen LogP contribution in [0.4, 0.5) is 4.39 Å². The number of H-pyrrole nitrogens is 1. The molecule has 3 rings (SSSR count). The summed E-state index contributed by atoms with van der Waals surface area (Å²) >= 11 is 5.82. The molecule has 0 spiro atoms. The van der Waals surface area contributed by atoms with E-state index in [0.29, 0.717) is 17.6 Å². The highest BCUT2D eigenvalue weighted by Crippen LogP contribution is 2.34. The molecule has 1 aliphatic rings. The maximum atomic E-state index is 13.2. The van der Waals surface area contributed by atoms with Crippen molar-refractivity contribution in [2.24, 2.45) is 0 Å². The largest absolute Gasteiger partial charge is 0.351 e. The second kappa shape index (κ2) is 2.83. The first-order valence-corrected chi connectivity index (χ1v) is 5.08. The van der Waals surface area contributed by atoms with Crippen molar-refractivity contribution in [3.05, 3.63) is 34.2 Å². The van der Waals surface area contributed by atoms with Gasteiger partial charge >= 0.3 is 0 Å². The van der Waals surface area contributed by atoms with Gasteiger partial charge in [0.15, 0.2) is 5.78 Å². The van der Waals surface area contributed by atoms with E-state index in [4.69, 9.17) is 11.6 Å². The van der Waals surface area contributed by atoms with Crippen molar-refractivity contribution in [2.75, 3.05) is 0 Å². The van der Waals surface area contributed by atoms with Crippen LogP contribution in [0.25, 0.3) is 10.9 Å². The predicted molar refractivity (Wildman–Crippen MR) is 55.9 cm³/mol. The van der Waals surface area contributed by atoms with Crippen molar-refractivity contribution in [3.63, 3.8) is 0 Å². The molecule has 1 heterocycles. The van der Waals surface area contributed by atoms with E-state index >= 15 is 0 Å². The monoisotopic (exact) mass is 223 g/mol. The average Bonchev–Trinajstić information content (AvgIpc) is 2.74. The summed E-state index contributed by atoms with van der Waals surface area (Å²) in [6.45, 7) is 0. The molecular formula is C11H7ClFNO. The number of hydrogen-bond acceptors (Lipinski definition) is 1. The van der Waals surface area contributed by atoms with E-state index in [0.717, 1.165) is 17.4 Å². The molecule has 4 heteroatoms. The number of ketones is 1. The standard InChI is InChI=1S/C11H7ClFNO/c12-9-7(13)3-1-6-5-2-4-8(15)10(5)14-11(6)9/h1,3,14H,2,4H2. The van der Waals surface area contributed by atoms with Crippen LogP contribution in [0.2, 0.25) is 5.02 Å². The minimum absolute atomic E-state index is 0.0645. The summed E-state index contributed by atoms with van der Waals surface area (Å²) in [5.41, 5.74) is 2.10. The minimum atomic E-state index is -0.462. The first kappa shape index (κ1) is 8.92. The number of aryl methyl sites for hydroxylation is 1. The summed E-state index contributed by atoms with van der Waals surface area (Å²) in [6, 6.07) is 3.01. The van der Waals surface area contributed by atoms with Crippen LogP contribution in [-0.4, -0.2) is 10.8 Å². The zero-order valence-corrected chi connectivity index (χ0v) is 8.49. The number of Topliss-reactive ketones (excluding diaryl/α,β-unsaturated/α-hetero) is 1. The van der Waals surface area contributed by atoms with Crippen LogP contribution in [0.1, 0.15) is 22.5 Å². The molecule has 0 radical (unpaired) electrons. The van der Waals surface area contributed by atoms with Gasteiger partial charge < -0.3 is 4.98 Å². The zero-order chi connectivity index (χ0) is 10.6. The lowest BCUT2D eigenvalue weighted by Crippen LogP contribution is -1.91. The fraction of sp³-hybridized carbons (Fsp3) is 0.182. The van der Waals surface area contributed by atoms with Crippen LogP contribution in [-0.2, 0) is 6.42 Å². The summed E-state index contributed by atoms with van der Waals surface area (Å²) in [6.07, 6.45) is 1.25. The third kappa shape index (κ3) is 1.07. The molecule has 2 nitrogen and oxygen atoms in total. The lowest BCUT2D eigenvalue weighted by molar-refractivity contribution is 0.0991. The van der Waals surface area contributed by atoms with Gasteiger partial charge in [0, 0.05) is 11.8 Å². The second-order valence-electron chi connectivity index (χ2n) is 3.69. The number of hydrogen-bond donors (Lipinski definition) is 1. The highest BCUT2D eigenvalue weighted by molar-refractivity contribution is 6.35. The Morgan fingerprint density at radius 3 is 2.93 bits per heavy atom. The van der Waals surface area contributed by atoms with Gasteiger partial charge in [-0.3, -0.25) is 4.79 Å². The highest BCUT2D eigenvalue weighted by atomic mass is 35.5. The summed E-state index contributed by atoms with van der Waals surface area (Å²) in [7, 11) is 0. The maximum absolute atomic E-state index is 13.2. The van der Waals surface area contributed by atoms with Crippen molar-refractivity contribution in [3.8, 4) is 0 Å². The summed E-state index contributed by atoms with van der Waals surface area (Å²) in [5.74, 6) is -0.380. The summed E-state index contributed by atoms with van der Waals surface area (Å²) < 4.78 is 13.2. The highest BCUT2D eigenvalue weighted by Gasteiger charge is 2.25. The molecule has 76 valence electrons. The van der Waals surface area contributed by atoms with Gasteiger partial charge in [-0.25, -0.2) is 4.39 Å². The molecule has 0 fully saturated rings. The van der Waals surface area contributed by atoms with Gasteiger partial charge in [-0.05, 0) is 24.1 Å². The summed E-state index contributed by atoms with van der Waals surface area (Å²) in [5, 5.41) is 0.928. The number of aromatic nitrogens is 1. The second-order valence-corrected chi connectivity index (χ2v) is 4.06. The Morgan fingerprint density at radius 2 is 2.13 bits per heavy atom. The molecule has 0 saturated carbocycles. The molecule has 1 aliphatic carbocycles. The molecule has 1 aromatic heterocycles. The van der Waals surface area contributed by atoms with Crippen LogP contribution in [0.5, 0.6) is 0 Å². The van der Waals surface area contributed by atoms with Crippen LogP contribution in [0, 0.1) is 5.82 Å². The Bertz CT molecular complexity index is 588. The smallest absolute Gasteiger partial charge is 0.179 e. The Labute approximate surface area is 90.0 Å². The zero-order valence-electron chi connectivity index (χ0n) is 7.73. The average molecular weight is 224 g/mol. The van der Waals surface area contributed by atoms with Crippen LogP contribution in [0.3, 0.4) is 0 Å². The number of fused-ring (bicyclic) bond motifs is 3. The SMILES string of the molecule is O=C1CCc2c1[nH]c1c(Cl)c(F)ccc21. The molecule has 0 aliphatic heterocycles. The molecule has 0 bridgehead atoms. The van der Waals surface area contributed by atoms with E-state index in [2.05, 4.69) is 4.98 Å². The first-order chi connectivity index (χ1) is 7.18. The van der Waals surface area contributed by atoms with E-state index in [1.54, 1.807) is 6.07 Å². The molecule has 0 saturated heterocycles. The molecule has 0 atom stereocenters. The van der Waals surface area contributed by atoms with Crippen LogP contribution < -0.4 is 0 Å². The molecular weight excluding hydrogens is 217 g/mol. The predicted octanol–water partition coefficient (Wildman–Crippen LogP) is 3.09. The van der Waals surface area contributed by atoms with Gasteiger partial charge in [0.05, 0.1) is 11.2 Å². The van der Waals surface area contributed by atoms with Crippen LogP contribution >= 0.6 is 11.6 Å². The van der Waals surface area contributed by atoms with Gasteiger partial charge in [0.2, 0.25) is 0 Å². The maximum Gasteiger partial charge on any atom is 0.179 e. The van der Waals surface area contributed by atoms with Crippen molar-refractivity contribution < 1.29 is 9.18 Å². The molecule has 1 N–H and O–H groups in total. The van der Waals surface area contributed by atoms with E-state index in [-0.39, 0.29) is 10.8 Å². The molecule has 0 unspecified atom stereocenters. The van der Waals surface area contributed by atoms with Crippen molar-refractivity contribution in [2.45, 2.75) is 12.8 Å². The van der Waals surface area contributed by atoms with Crippen molar-refractivity contribution in [1.29, 1.82) is 0 Å². The number of carbonyl (C=O) groups excluding carboxylic acids is 1. The van der Waals surface area contributed by atoms with Gasteiger partial charge in [0.25, 0.3) is 0 Å². The normalized spacial score (nSPS) is 14.9. The summed E-state index contributed by atoms with van der Waals surface area (Å²) in [4.78, 5) is 14.4. The number of halogens is 2. The topological polar surface area (TPSA) is 32.9 Å². The number of carbonyl (C=O) groups is 1. The van der Waals surface area contributed by atoms with E-state index in [1.807, 2.05) is 0 Å². The Morgan fingerprint density at radius 1 is 1.33 bits per heavy atom. The number of benzene rings is 1. The van der Waals surface area contributed by atoms with Gasteiger partial charge in [-0.15, -0.1) is 0 Å². The van der Waals surface area contributed by atoms with Gasteiger partial charge in [-0.2, -0.15) is 0 Å². The van der Waals surface area contributed by atoms with Crippen molar-refractivity contribution in [1.82, 2.24) is 4.98 Å². The molecule has 1 aromatic carbocycles. The number of nitrogens with one attached hydrogen (secondary N) is 1. The quantitative estimate of drug-likeness (QED) is 0.732. The fourth-order valence-corrected chi connectivity index (χ4v) is 2.33. The Hall–Kier alpha value is -1.35. The van der Waals surface area contributed by atoms with Gasteiger partial charge in [0.1, 0.15) is 10.8 Å². The number of rotatable bonds is 0. The van der Waals surface area contributed by atoms with E-state index in [1.165, 1.54) is 6.07 Å². The van der Waals surface area contributed by atoms with E-state index < -0.39 is 5.82 Å². The minimum Gasteiger partial charge on any atom is -0.351 e. The van der Waals surface area contributed by atoms with E-state index in [9.17, 15) is 9.18 Å². The Balaban J connectivity index is 2.44. The molecule has 0 amide bonds.